The maximum atomic E-state index is 12.1. The minimum atomic E-state index is -0.438. The summed E-state index contributed by atoms with van der Waals surface area (Å²) in [5.41, 5.74) is 0. The molecule has 4 nitrogen and oxygen atoms in total. The van der Waals surface area contributed by atoms with Gasteiger partial charge in [-0.1, -0.05) is 79.1 Å². The van der Waals surface area contributed by atoms with Crippen molar-refractivity contribution >= 4 is 11.9 Å². The maximum absolute atomic E-state index is 12.1. The van der Waals surface area contributed by atoms with E-state index in [1.54, 1.807) is 0 Å². The zero-order valence-electron chi connectivity index (χ0n) is 17.0. The van der Waals surface area contributed by atoms with E-state index in [4.69, 9.17) is 9.47 Å². The third-order valence-electron chi connectivity index (χ3n) is 4.40. The van der Waals surface area contributed by atoms with Crippen molar-refractivity contribution in [1.82, 2.24) is 0 Å². The summed E-state index contributed by atoms with van der Waals surface area (Å²) in [6.07, 6.45) is 11.7. The first kappa shape index (κ1) is 23.9. The zero-order chi connectivity index (χ0) is 18.9. The molecule has 0 rings (SSSR count). The highest BCUT2D eigenvalue weighted by atomic mass is 16.6. The van der Waals surface area contributed by atoms with Crippen LogP contribution in [0, 0.1) is 0 Å². The van der Waals surface area contributed by atoms with Crippen LogP contribution in [0.1, 0.15) is 111 Å². The quantitative estimate of drug-likeness (QED) is 0.253. The normalized spacial score (nSPS) is 11.1. The Kier molecular flexibility index (Phi) is 15.7. The summed E-state index contributed by atoms with van der Waals surface area (Å²) in [7, 11) is 0. The molecular formula is C21H40O4. The predicted octanol–water partition coefficient (Wildman–Crippen LogP) is 5.96. The molecule has 0 radical (unpaired) electrons. The van der Waals surface area contributed by atoms with Gasteiger partial charge >= 0.3 is 11.9 Å². The Bertz CT molecular complexity index is 293. The van der Waals surface area contributed by atoms with E-state index in [2.05, 4.69) is 27.7 Å². The topological polar surface area (TPSA) is 52.6 Å². The molecule has 0 bridgehead atoms. The molecule has 0 spiro atoms. The first-order valence-electron chi connectivity index (χ1n) is 10.5. The van der Waals surface area contributed by atoms with Gasteiger partial charge in [-0.2, -0.15) is 0 Å². The van der Waals surface area contributed by atoms with E-state index < -0.39 is 11.9 Å². The van der Waals surface area contributed by atoms with Gasteiger partial charge in [0.05, 0.1) is 0 Å². The number of rotatable bonds is 16. The Hall–Kier alpha value is -1.06. The molecular weight excluding hydrogens is 316 g/mol. The molecule has 0 aromatic carbocycles. The molecule has 0 amide bonds. The van der Waals surface area contributed by atoms with Crippen molar-refractivity contribution in [2.45, 2.75) is 123 Å². The first-order valence-corrected chi connectivity index (χ1v) is 10.5. The van der Waals surface area contributed by atoms with Gasteiger partial charge in [0.25, 0.3) is 0 Å². The molecule has 0 aromatic heterocycles. The fraction of sp³-hybridized carbons (Fsp3) is 0.905. The summed E-state index contributed by atoms with van der Waals surface area (Å²) in [6, 6.07) is 0. The molecule has 0 saturated heterocycles. The average Bonchev–Trinajstić information content (AvgIpc) is 2.59. The molecule has 0 fully saturated rings. The number of hydrogen-bond acceptors (Lipinski definition) is 4. The number of hydrogen-bond donors (Lipinski definition) is 0. The second-order valence-electron chi connectivity index (χ2n) is 6.97. The maximum Gasteiger partial charge on any atom is 0.317 e. The standard InChI is InChI=1S/C21H40O4/c1-5-9-13-18(14-10-6-2)24-20(22)17-21(23)25-19(15-11-7-3)16-12-8-4/h18-19H,5-17H2,1-4H3. The summed E-state index contributed by atoms with van der Waals surface area (Å²) in [6.45, 7) is 8.51. The number of unbranched alkanes of at least 4 members (excludes halogenated alkanes) is 4. The Morgan fingerprint density at radius 2 is 0.880 bits per heavy atom. The van der Waals surface area contributed by atoms with Crippen LogP contribution in [0.4, 0.5) is 0 Å². The van der Waals surface area contributed by atoms with Gasteiger partial charge in [0, 0.05) is 0 Å². The lowest BCUT2D eigenvalue weighted by Crippen LogP contribution is -2.24. The van der Waals surface area contributed by atoms with Crippen LogP contribution in [-0.2, 0) is 19.1 Å². The van der Waals surface area contributed by atoms with Crippen LogP contribution in [0.5, 0.6) is 0 Å². The first-order chi connectivity index (χ1) is 12.1. The van der Waals surface area contributed by atoms with Gasteiger partial charge < -0.3 is 9.47 Å². The molecule has 148 valence electrons. The molecule has 0 aliphatic carbocycles. The van der Waals surface area contributed by atoms with E-state index in [-0.39, 0.29) is 18.6 Å². The Morgan fingerprint density at radius 1 is 0.600 bits per heavy atom. The van der Waals surface area contributed by atoms with Crippen LogP contribution in [0.2, 0.25) is 0 Å². The summed E-state index contributed by atoms with van der Waals surface area (Å²) >= 11 is 0. The summed E-state index contributed by atoms with van der Waals surface area (Å²) in [4.78, 5) is 24.2. The van der Waals surface area contributed by atoms with Crippen LogP contribution in [0.3, 0.4) is 0 Å². The number of carbonyl (C=O) groups excluding carboxylic acids is 2. The minimum absolute atomic E-state index is 0.0591. The van der Waals surface area contributed by atoms with E-state index >= 15 is 0 Å². The van der Waals surface area contributed by atoms with Crippen molar-refractivity contribution in [3.05, 3.63) is 0 Å². The van der Waals surface area contributed by atoms with Crippen LogP contribution in [0.15, 0.2) is 0 Å². The van der Waals surface area contributed by atoms with Crippen LogP contribution < -0.4 is 0 Å². The van der Waals surface area contributed by atoms with Crippen LogP contribution >= 0.6 is 0 Å². The summed E-state index contributed by atoms with van der Waals surface area (Å²) in [5, 5.41) is 0. The van der Waals surface area contributed by atoms with E-state index in [9.17, 15) is 9.59 Å². The monoisotopic (exact) mass is 356 g/mol. The molecule has 25 heavy (non-hydrogen) atoms. The number of carbonyl (C=O) groups is 2. The lowest BCUT2D eigenvalue weighted by Gasteiger charge is -2.19. The van der Waals surface area contributed by atoms with Crippen molar-refractivity contribution in [3.8, 4) is 0 Å². The molecule has 0 atom stereocenters. The smallest absolute Gasteiger partial charge is 0.317 e. The van der Waals surface area contributed by atoms with Crippen molar-refractivity contribution in [3.63, 3.8) is 0 Å². The highest BCUT2D eigenvalue weighted by molar-refractivity contribution is 5.91. The van der Waals surface area contributed by atoms with Gasteiger partial charge in [0.1, 0.15) is 18.6 Å². The lowest BCUT2D eigenvalue weighted by atomic mass is 10.1. The molecule has 0 heterocycles. The van der Waals surface area contributed by atoms with Gasteiger partial charge in [-0.05, 0) is 25.7 Å². The lowest BCUT2D eigenvalue weighted by molar-refractivity contribution is -0.161. The van der Waals surface area contributed by atoms with Gasteiger partial charge in [0.2, 0.25) is 0 Å². The summed E-state index contributed by atoms with van der Waals surface area (Å²) < 4.78 is 11.1. The highest BCUT2D eigenvalue weighted by Gasteiger charge is 2.20. The summed E-state index contributed by atoms with van der Waals surface area (Å²) in [5.74, 6) is -0.876. The second kappa shape index (κ2) is 16.4. The van der Waals surface area contributed by atoms with E-state index in [1.165, 1.54) is 0 Å². The van der Waals surface area contributed by atoms with Crippen LogP contribution in [0.25, 0.3) is 0 Å². The molecule has 0 aliphatic rings. The Morgan fingerprint density at radius 3 is 1.12 bits per heavy atom. The third-order valence-corrected chi connectivity index (χ3v) is 4.40. The van der Waals surface area contributed by atoms with Gasteiger partial charge in [-0.15, -0.1) is 0 Å². The second-order valence-corrected chi connectivity index (χ2v) is 6.97. The van der Waals surface area contributed by atoms with Crippen molar-refractivity contribution in [2.75, 3.05) is 0 Å². The Balaban J connectivity index is 4.34. The molecule has 0 saturated carbocycles. The van der Waals surface area contributed by atoms with Crippen molar-refractivity contribution in [1.29, 1.82) is 0 Å². The molecule has 4 heteroatoms. The minimum Gasteiger partial charge on any atom is -0.462 e. The average molecular weight is 357 g/mol. The van der Waals surface area contributed by atoms with Crippen molar-refractivity contribution < 1.29 is 19.1 Å². The Labute approximate surface area is 155 Å². The zero-order valence-corrected chi connectivity index (χ0v) is 17.0. The largest absolute Gasteiger partial charge is 0.462 e. The van der Waals surface area contributed by atoms with E-state index in [0.29, 0.717) is 0 Å². The highest BCUT2D eigenvalue weighted by Crippen LogP contribution is 2.16. The third kappa shape index (κ3) is 13.9. The van der Waals surface area contributed by atoms with Crippen LogP contribution in [-0.4, -0.2) is 24.1 Å². The predicted molar refractivity (Wildman–Crippen MR) is 102 cm³/mol. The number of ether oxygens (including phenoxy) is 2. The fourth-order valence-electron chi connectivity index (χ4n) is 2.82. The number of esters is 2. The van der Waals surface area contributed by atoms with E-state index in [1.807, 2.05) is 0 Å². The van der Waals surface area contributed by atoms with E-state index in [0.717, 1.165) is 77.0 Å². The van der Waals surface area contributed by atoms with Gasteiger partial charge in [-0.3, -0.25) is 9.59 Å². The molecule has 0 N–H and O–H groups in total. The fourth-order valence-corrected chi connectivity index (χ4v) is 2.82. The van der Waals surface area contributed by atoms with Gasteiger partial charge in [0.15, 0.2) is 0 Å². The SMILES string of the molecule is CCCCC(CCCC)OC(=O)CC(=O)OC(CCCC)CCCC. The molecule has 0 aromatic rings. The van der Waals surface area contributed by atoms with Gasteiger partial charge in [-0.25, -0.2) is 0 Å². The van der Waals surface area contributed by atoms with Crippen molar-refractivity contribution in [2.24, 2.45) is 0 Å². The molecule has 0 aliphatic heterocycles. The molecule has 0 unspecified atom stereocenters.